The summed E-state index contributed by atoms with van der Waals surface area (Å²) in [7, 11) is 0. The number of aryl methyl sites for hydroxylation is 1. The van der Waals surface area contributed by atoms with Crippen LogP contribution < -0.4 is 13.8 Å². The van der Waals surface area contributed by atoms with E-state index in [1.807, 2.05) is 19.3 Å². The number of hydrogen-bond acceptors (Lipinski definition) is 7. The maximum atomic E-state index is 12.3. The minimum atomic E-state index is -2.12. The number of aromatic nitrogens is 4. The number of cyclic esters (lactones) is 1. The van der Waals surface area contributed by atoms with Gasteiger partial charge in [-0.25, -0.2) is 4.79 Å². The molecule has 35 heavy (non-hydrogen) atoms. The summed E-state index contributed by atoms with van der Waals surface area (Å²) in [5, 5.41) is 3.25. The molecule has 1 aromatic carbocycles. The third-order valence-corrected chi connectivity index (χ3v) is 12.5. The van der Waals surface area contributed by atoms with Crippen LogP contribution in [0.2, 0.25) is 14.8 Å². The quantitative estimate of drug-likeness (QED) is 0.396. The molecule has 0 radical (unpaired) electrons. The van der Waals surface area contributed by atoms with Gasteiger partial charge in [0.05, 0.1) is 6.04 Å². The molecule has 1 fully saturated rings. The summed E-state index contributed by atoms with van der Waals surface area (Å²) in [6.45, 7) is 8.64. The van der Waals surface area contributed by atoms with Crippen LogP contribution in [0.5, 0.6) is 0 Å². The van der Waals surface area contributed by atoms with E-state index in [2.05, 4.69) is 79.0 Å². The molecule has 0 aliphatic carbocycles. The van der Waals surface area contributed by atoms with Gasteiger partial charge in [-0.15, -0.1) is 0 Å². The fourth-order valence-corrected chi connectivity index (χ4v) is 9.64. The molecule has 0 unspecified atom stereocenters. The van der Waals surface area contributed by atoms with Crippen LogP contribution in [0.1, 0.15) is 38.2 Å². The van der Waals surface area contributed by atoms with Gasteiger partial charge in [0.25, 0.3) is 0 Å². The molecule has 2 atom stereocenters. The molecule has 1 aliphatic rings. The van der Waals surface area contributed by atoms with Crippen LogP contribution in [-0.2, 0) is 4.74 Å². The van der Waals surface area contributed by atoms with E-state index in [0.717, 1.165) is 11.1 Å². The number of ether oxygens (including phenoxy) is 1. The SMILES string of the molecule is Cc1cc(-c2cnc([C@H](C)Nc3nccc(N4C(=O)OC[C@@H]4C(C)C)n3)nc2)cc[c]1[Sn]([CH3])([CH3])[CH3]. The molecule has 0 spiro atoms. The Balaban J connectivity index is 1.49. The first-order valence-electron chi connectivity index (χ1n) is 12.0. The number of carbonyl (C=O) groups is 1. The van der Waals surface area contributed by atoms with E-state index in [9.17, 15) is 4.79 Å². The zero-order valence-corrected chi connectivity index (χ0v) is 24.4. The van der Waals surface area contributed by atoms with Crippen LogP contribution in [0.3, 0.4) is 0 Å². The summed E-state index contributed by atoms with van der Waals surface area (Å²) in [4.78, 5) is 39.3. The molecule has 3 heterocycles. The normalized spacial score (nSPS) is 17.0. The van der Waals surface area contributed by atoms with Crippen LogP contribution in [0.15, 0.2) is 42.9 Å². The van der Waals surface area contributed by atoms with Gasteiger partial charge in [0.1, 0.15) is 12.4 Å². The number of benzene rings is 1. The van der Waals surface area contributed by atoms with E-state index in [-0.39, 0.29) is 24.1 Å². The van der Waals surface area contributed by atoms with Gasteiger partial charge in [0.15, 0.2) is 0 Å². The van der Waals surface area contributed by atoms with E-state index in [4.69, 9.17) is 4.74 Å². The fraction of sp³-hybridized carbons (Fsp3) is 0.423. The third kappa shape index (κ3) is 5.57. The molecule has 1 N–H and O–H groups in total. The molecule has 0 saturated carbocycles. The summed E-state index contributed by atoms with van der Waals surface area (Å²) < 4.78 is 6.80. The summed E-state index contributed by atoms with van der Waals surface area (Å²) in [6, 6.07) is 8.15. The van der Waals surface area contributed by atoms with E-state index in [1.165, 1.54) is 5.56 Å². The molecule has 2 aromatic heterocycles. The van der Waals surface area contributed by atoms with Crippen molar-refractivity contribution in [1.29, 1.82) is 0 Å². The van der Waals surface area contributed by atoms with Gasteiger partial charge in [-0.05, 0) is 12.0 Å². The van der Waals surface area contributed by atoms with Crippen molar-refractivity contribution in [2.45, 2.75) is 54.6 Å². The Kier molecular flexibility index (Phi) is 7.30. The summed E-state index contributed by atoms with van der Waals surface area (Å²) in [5.41, 5.74) is 3.47. The first-order valence-corrected chi connectivity index (χ1v) is 22.0. The molecule has 0 bridgehead atoms. The van der Waals surface area contributed by atoms with Gasteiger partial charge in [-0.2, -0.15) is 0 Å². The maximum absolute atomic E-state index is 12.3. The molecule has 1 amide bonds. The van der Waals surface area contributed by atoms with Gasteiger partial charge < -0.3 is 4.74 Å². The topological polar surface area (TPSA) is 93.1 Å². The molecular formula is C26H34N6O2Sn. The molecule has 184 valence electrons. The van der Waals surface area contributed by atoms with Crippen molar-refractivity contribution in [2.24, 2.45) is 5.92 Å². The fourth-order valence-electron chi connectivity index (χ4n) is 4.40. The summed E-state index contributed by atoms with van der Waals surface area (Å²) >= 11 is -2.12. The van der Waals surface area contributed by atoms with Gasteiger partial charge in [-0.1, -0.05) is 13.8 Å². The van der Waals surface area contributed by atoms with E-state index >= 15 is 0 Å². The van der Waals surface area contributed by atoms with Crippen molar-refractivity contribution in [2.75, 3.05) is 16.8 Å². The number of rotatable bonds is 7. The number of amides is 1. The number of anilines is 2. The Hall–Kier alpha value is -2.75. The zero-order valence-electron chi connectivity index (χ0n) is 21.5. The Morgan fingerprint density at radius 2 is 1.77 bits per heavy atom. The van der Waals surface area contributed by atoms with Crippen molar-refractivity contribution in [3.05, 3.63) is 54.2 Å². The van der Waals surface area contributed by atoms with E-state index < -0.39 is 18.4 Å². The second-order valence-electron chi connectivity index (χ2n) is 10.5. The number of nitrogens with one attached hydrogen (secondary N) is 1. The zero-order chi connectivity index (χ0) is 25.3. The van der Waals surface area contributed by atoms with Gasteiger partial charge in [0.2, 0.25) is 0 Å². The number of hydrogen-bond donors (Lipinski definition) is 1. The summed E-state index contributed by atoms with van der Waals surface area (Å²) in [6.07, 6.45) is 4.98. The van der Waals surface area contributed by atoms with Gasteiger partial charge in [0, 0.05) is 6.20 Å². The van der Waals surface area contributed by atoms with Crippen LogP contribution in [0.4, 0.5) is 16.6 Å². The third-order valence-electron chi connectivity index (χ3n) is 6.34. The standard InChI is InChI=1S/C23H25N6O2.3CH3.Sn/c1-14(2)19-13-31-23(30)29(19)20-8-9-24-22(28-20)27-16(4)21-25-11-18(12-26-21)17-7-5-6-15(3)10-17;;;;/h5,7-12,14,16,19H,13H2,1-4H3,(H,24,27,28);3*1H3;/t16-,19+;;;;/m0..../s1. The average molecular weight is 581 g/mol. The minimum absolute atomic E-state index is 0.0526. The monoisotopic (exact) mass is 582 g/mol. The molecule has 1 aliphatic heterocycles. The Bertz CT molecular complexity index is 1210. The predicted molar refractivity (Wildman–Crippen MR) is 142 cm³/mol. The van der Waals surface area contributed by atoms with Crippen LogP contribution in [0.25, 0.3) is 11.1 Å². The van der Waals surface area contributed by atoms with Gasteiger partial charge >= 0.3 is 147 Å². The van der Waals surface area contributed by atoms with Crippen molar-refractivity contribution in [1.82, 2.24) is 19.9 Å². The van der Waals surface area contributed by atoms with Crippen molar-refractivity contribution in [3.8, 4) is 11.1 Å². The predicted octanol–water partition coefficient (Wildman–Crippen LogP) is 4.94. The Morgan fingerprint density at radius 3 is 2.40 bits per heavy atom. The second-order valence-corrected chi connectivity index (χ2v) is 24.9. The van der Waals surface area contributed by atoms with E-state index in [1.54, 1.807) is 20.7 Å². The summed E-state index contributed by atoms with van der Waals surface area (Å²) in [5.74, 6) is 1.81. The molecule has 8 nitrogen and oxygen atoms in total. The average Bonchev–Trinajstić information content (AvgIpc) is 3.20. The molecule has 1 saturated heterocycles. The van der Waals surface area contributed by atoms with Crippen LogP contribution in [0, 0.1) is 12.8 Å². The van der Waals surface area contributed by atoms with E-state index in [0.29, 0.717) is 24.2 Å². The molecular weight excluding hydrogens is 547 g/mol. The van der Waals surface area contributed by atoms with Crippen LogP contribution >= 0.6 is 0 Å². The Morgan fingerprint density at radius 1 is 1.06 bits per heavy atom. The second kappa shape index (κ2) is 10.1. The molecule has 4 rings (SSSR count). The van der Waals surface area contributed by atoms with Crippen LogP contribution in [-0.4, -0.2) is 57.1 Å². The van der Waals surface area contributed by atoms with Crippen molar-refractivity contribution < 1.29 is 9.53 Å². The first-order chi connectivity index (χ1) is 16.5. The van der Waals surface area contributed by atoms with Crippen molar-refractivity contribution in [3.63, 3.8) is 0 Å². The van der Waals surface area contributed by atoms with Gasteiger partial charge in [-0.3, -0.25) is 4.90 Å². The first kappa shape index (κ1) is 25.3. The number of carbonyl (C=O) groups excluding carboxylic acids is 1. The Labute approximate surface area is 211 Å². The van der Waals surface area contributed by atoms with Crippen molar-refractivity contribution >= 4 is 39.8 Å². The molecule has 9 heteroatoms. The number of nitrogens with zero attached hydrogens (tertiary/aromatic N) is 5. The molecule has 3 aromatic rings.